The van der Waals surface area contributed by atoms with E-state index in [-0.39, 0.29) is 56.8 Å². The van der Waals surface area contributed by atoms with Gasteiger partial charge in [0.05, 0.1) is 6.61 Å². The molecule has 0 saturated carbocycles. The van der Waals surface area contributed by atoms with Gasteiger partial charge in [-0.3, -0.25) is 16.0 Å². The van der Waals surface area contributed by atoms with Gasteiger partial charge in [0.2, 0.25) is 11.9 Å². The first kappa shape index (κ1) is 60.9. The molecule has 0 spiro atoms. The van der Waals surface area contributed by atoms with Crippen LogP contribution >= 0.6 is 0 Å². The molecule has 69 heavy (non-hydrogen) atoms. The van der Waals surface area contributed by atoms with Gasteiger partial charge in [0.1, 0.15) is 45.2 Å². The van der Waals surface area contributed by atoms with Crippen LogP contribution in [0.1, 0.15) is 162 Å². The normalized spacial score (nSPS) is 12.7. The van der Waals surface area contributed by atoms with Crippen molar-refractivity contribution in [2.24, 2.45) is 9.98 Å². The highest BCUT2D eigenvalue weighted by Crippen LogP contribution is 2.20. The fourth-order valence-electron chi connectivity index (χ4n) is 5.24. The van der Waals surface area contributed by atoms with Gasteiger partial charge in [-0.25, -0.2) is 38.6 Å². The Labute approximate surface area is 408 Å². The van der Waals surface area contributed by atoms with Crippen LogP contribution in [0.25, 0.3) is 0 Å². The van der Waals surface area contributed by atoms with Crippen LogP contribution in [0.2, 0.25) is 0 Å². The third-order valence-corrected chi connectivity index (χ3v) is 7.68. The third-order valence-electron chi connectivity index (χ3n) is 7.68. The van der Waals surface area contributed by atoms with Crippen molar-refractivity contribution >= 4 is 54.3 Å². The Morgan fingerprint density at radius 3 is 1.35 bits per heavy atom. The maximum absolute atomic E-state index is 14.1. The first-order valence-corrected chi connectivity index (χ1v) is 23.0. The first-order valence-electron chi connectivity index (χ1n) is 23.0. The third kappa shape index (κ3) is 29.4. The van der Waals surface area contributed by atoms with Gasteiger partial charge >= 0.3 is 36.6 Å². The van der Waals surface area contributed by atoms with Crippen molar-refractivity contribution in [1.29, 1.82) is 5.41 Å². The highest BCUT2D eigenvalue weighted by atomic mass is 16.6. The number of carbonyl (C=O) groups excluding carboxylic acids is 6. The number of aliphatic imine (C=N–C) groups is 2. The monoisotopic (exact) mass is 977 g/mol. The molecule has 0 radical (unpaired) electrons. The number of alkyl carbamates (subject to hydrolysis) is 2. The van der Waals surface area contributed by atoms with Gasteiger partial charge in [-0.05, 0) is 181 Å². The minimum absolute atomic E-state index is 0.0834. The summed E-state index contributed by atoms with van der Waals surface area (Å²) in [6.45, 7) is 30.5. The number of benzene rings is 1. The molecular formula is C48H80N8O13. The lowest BCUT2D eigenvalue weighted by Crippen LogP contribution is -2.53. The number of nitrogens with one attached hydrogen (secondary N) is 4. The highest BCUT2D eigenvalue weighted by molar-refractivity contribution is 6.05. The van der Waals surface area contributed by atoms with E-state index in [4.69, 9.17) is 38.6 Å². The zero-order valence-corrected chi connectivity index (χ0v) is 44.3. The largest absolute Gasteiger partial charge is 0.494 e. The molecule has 0 aliphatic rings. The number of amides is 6. The Morgan fingerprint density at radius 1 is 0.507 bits per heavy atom. The van der Waals surface area contributed by atoms with Gasteiger partial charge in [0.25, 0.3) is 0 Å². The lowest BCUT2D eigenvalue weighted by atomic mass is 10.2. The van der Waals surface area contributed by atoms with Crippen LogP contribution in [0.3, 0.4) is 0 Å². The predicted octanol–water partition coefficient (Wildman–Crippen LogP) is 10.0. The molecule has 0 bridgehead atoms. The standard InChI is InChI=1S/C48H80N8O13/c1-43(2,3)64-37(57)51-34(49)32-24-26-33(27-25-32)63-31-23-22-30-56(42(62)69-48(16,17)18)36(54-40(60)67-46(10,11)12)55(41(61)68-47(13,14)15)29-21-19-20-28-50-35(52-38(58)65-44(4,5)6)53-39(59)66-45(7,8)9/h24-27H,19-23,28-31H2,1-18H3,(H2,49,51,57)(H2,50,52,53,58,59)/b54-36+. The predicted molar refractivity (Wildman–Crippen MR) is 262 cm³/mol. The fraction of sp³-hybridized carbons (Fsp3) is 0.688. The summed E-state index contributed by atoms with van der Waals surface area (Å²) in [6.07, 6.45) is -3.57. The summed E-state index contributed by atoms with van der Waals surface area (Å²) in [4.78, 5) is 89.2. The molecule has 0 heterocycles. The second kappa shape index (κ2) is 26.0. The molecule has 0 unspecified atom stereocenters. The van der Waals surface area contributed by atoms with Crippen LogP contribution in [0.5, 0.6) is 5.75 Å². The number of unbranched alkanes of at least 4 members (excludes halogenated alkanes) is 3. The maximum atomic E-state index is 14.1. The zero-order valence-electron chi connectivity index (χ0n) is 44.3. The molecule has 1 aromatic rings. The molecule has 0 aliphatic heterocycles. The molecule has 1 rings (SSSR count). The maximum Gasteiger partial charge on any atom is 0.437 e. The second-order valence-corrected chi connectivity index (χ2v) is 21.8. The van der Waals surface area contributed by atoms with E-state index in [1.165, 1.54) is 0 Å². The molecular weight excluding hydrogens is 897 g/mol. The topological polar surface area (TPSA) is 258 Å². The van der Waals surface area contributed by atoms with E-state index in [0.29, 0.717) is 30.6 Å². The number of amidine groups is 1. The summed E-state index contributed by atoms with van der Waals surface area (Å²) < 4.78 is 38.9. The summed E-state index contributed by atoms with van der Waals surface area (Å²) in [5, 5.41) is 16.0. The van der Waals surface area contributed by atoms with Crippen molar-refractivity contribution in [3.63, 3.8) is 0 Å². The number of carbonyl (C=O) groups is 6. The summed E-state index contributed by atoms with van der Waals surface area (Å²) in [5.74, 6) is -0.233. The summed E-state index contributed by atoms with van der Waals surface area (Å²) in [6, 6.07) is 6.52. The summed E-state index contributed by atoms with van der Waals surface area (Å²) >= 11 is 0. The van der Waals surface area contributed by atoms with E-state index in [9.17, 15) is 28.8 Å². The van der Waals surface area contributed by atoms with Crippen molar-refractivity contribution < 1.29 is 61.9 Å². The molecule has 4 N–H and O–H groups in total. The lowest BCUT2D eigenvalue weighted by Gasteiger charge is -2.34. The molecule has 0 aromatic heterocycles. The molecule has 21 nitrogen and oxygen atoms in total. The van der Waals surface area contributed by atoms with Crippen LogP contribution in [0.4, 0.5) is 28.8 Å². The van der Waals surface area contributed by atoms with E-state index in [1.54, 1.807) is 149 Å². The molecule has 390 valence electrons. The van der Waals surface area contributed by atoms with Crippen LogP contribution in [-0.4, -0.2) is 124 Å². The Kier molecular flexibility index (Phi) is 22.9. The zero-order chi connectivity index (χ0) is 53.2. The second-order valence-electron chi connectivity index (χ2n) is 21.8. The molecule has 0 atom stereocenters. The van der Waals surface area contributed by atoms with Crippen molar-refractivity contribution in [2.75, 3.05) is 26.2 Å². The molecule has 6 amide bonds. The molecule has 0 saturated heterocycles. The van der Waals surface area contributed by atoms with Crippen molar-refractivity contribution in [2.45, 2.75) is 190 Å². The van der Waals surface area contributed by atoms with E-state index >= 15 is 0 Å². The first-order chi connectivity index (χ1) is 31.3. The molecule has 0 aliphatic carbocycles. The van der Waals surface area contributed by atoms with E-state index in [0.717, 1.165) is 9.80 Å². The van der Waals surface area contributed by atoms with Crippen LogP contribution in [0.15, 0.2) is 34.3 Å². The van der Waals surface area contributed by atoms with Gasteiger partial charge in [-0.1, -0.05) is 0 Å². The average molecular weight is 977 g/mol. The van der Waals surface area contributed by atoms with Crippen molar-refractivity contribution in [3.05, 3.63) is 29.8 Å². The van der Waals surface area contributed by atoms with Crippen molar-refractivity contribution in [3.8, 4) is 5.75 Å². The van der Waals surface area contributed by atoms with Gasteiger partial charge < -0.3 is 38.5 Å². The molecule has 0 fully saturated rings. The Bertz CT molecular complexity index is 1960. The fourth-order valence-corrected chi connectivity index (χ4v) is 5.24. The summed E-state index contributed by atoms with van der Waals surface area (Å²) in [7, 11) is 0. The molecule has 21 heteroatoms. The van der Waals surface area contributed by atoms with Crippen LogP contribution < -0.4 is 20.7 Å². The van der Waals surface area contributed by atoms with Gasteiger partial charge in [0, 0.05) is 25.2 Å². The Balaban J connectivity index is 3.42. The van der Waals surface area contributed by atoms with E-state index in [1.807, 2.05) is 0 Å². The number of hydrogen-bond acceptors (Lipinski definition) is 14. The highest BCUT2D eigenvalue weighted by Gasteiger charge is 2.35. The number of guanidine groups is 2. The SMILES string of the molecule is CC(C)(C)OC(=O)/N=C(\NCCCCCN(C(=O)OC(C)(C)C)/C(=N\C(=O)OC(C)(C)C)N(CCCCOc1ccc(C(=N)NC(=O)OC(C)(C)C)cc1)C(=O)OC(C)(C)C)NC(=O)OC(C)(C)C. The number of nitrogens with zero attached hydrogens (tertiary/aromatic N) is 4. The van der Waals surface area contributed by atoms with E-state index < -0.39 is 70.2 Å². The van der Waals surface area contributed by atoms with Gasteiger partial charge in [0.15, 0.2) is 0 Å². The smallest absolute Gasteiger partial charge is 0.437 e. The molecule has 1 aromatic carbocycles. The minimum Gasteiger partial charge on any atom is -0.494 e. The summed E-state index contributed by atoms with van der Waals surface area (Å²) in [5.41, 5.74) is -4.94. The van der Waals surface area contributed by atoms with Crippen LogP contribution in [0, 0.1) is 5.41 Å². The van der Waals surface area contributed by atoms with E-state index in [2.05, 4.69) is 25.9 Å². The number of ether oxygens (including phenoxy) is 7. The Hall–Kier alpha value is -6.15. The lowest BCUT2D eigenvalue weighted by molar-refractivity contribution is 0.0268. The quantitative estimate of drug-likeness (QED) is 0.0621. The average Bonchev–Trinajstić information content (AvgIpc) is 3.10. The van der Waals surface area contributed by atoms with Gasteiger partial charge in [-0.2, -0.15) is 0 Å². The van der Waals surface area contributed by atoms with Crippen LogP contribution in [-0.2, 0) is 28.4 Å². The Morgan fingerprint density at radius 2 is 0.913 bits per heavy atom. The minimum atomic E-state index is -1.07. The number of hydrogen-bond donors (Lipinski definition) is 4. The van der Waals surface area contributed by atoms with Gasteiger partial charge in [-0.15, -0.1) is 9.98 Å². The van der Waals surface area contributed by atoms with Crippen molar-refractivity contribution in [1.82, 2.24) is 25.8 Å². The number of rotatable bonds is 13.